The molecule has 1 N–H and O–H groups in total. The highest BCUT2D eigenvalue weighted by Crippen LogP contribution is 2.40. The van der Waals surface area contributed by atoms with Gasteiger partial charge in [-0.2, -0.15) is 0 Å². The largest absolute Gasteiger partial charge is 0.345 e. The van der Waals surface area contributed by atoms with Crippen LogP contribution in [-0.2, 0) is 0 Å². The molecule has 0 amide bonds. The van der Waals surface area contributed by atoms with Gasteiger partial charge in [0.15, 0.2) is 0 Å². The molecular weight excluding hydrogens is 329 g/mol. The van der Waals surface area contributed by atoms with Gasteiger partial charge in [0.1, 0.15) is 11.0 Å². The van der Waals surface area contributed by atoms with E-state index < -0.39 is 0 Å². The van der Waals surface area contributed by atoms with Crippen LogP contribution >= 0.6 is 23.2 Å². The predicted molar refractivity (Wildman–Crippen MR) is 94.8 cm³/mol. The molecule has 2 heterocycles. The van der Waals surface area contributed by atoms with Crippen molar-refractivity contribution < 1.29 is 0 Å². The number of fused-ring (bicyclic) bond motifs is 1. The van der Waals surface area contributed by atoms with Crippen molar-refractivity contribution in [3.8, 4) is 22.5 Å². The molecule has 3 nitrogen and oxygen atoms in total. The fourth-order valence-corrected chi connectivity index (χ4v) is 3.18. The average molecular weight is 340 g/mol. The van der Waals surface area contributed by atoms with Crippen molar-refractivity contribution in [3.05, 3.63) is 71.1 Å². The summed E-state index contributed by atoms with van der Waals surface area (Å²) < 4.78 is 0. The molecule has 0 fully saturated rings. The molecule has 0 aliphatic rings. The highest BCUT2D eigenvalue weighted by Gasteiger charge is 2.19. The van der Waals surface area contributed by atoms with E-state index >= 15 is 0 Å². The van der Waals surface area contributed by atoms with Crippen molar-refractivity contribution in [2.75, 3.05) is 0 Å². The van der Waals surface area contributed by atoms with E-state index in [2.05, 4.69) is 15.0 Å². The van der Waals surface area contributed by atoms with Gasteiger partial charge in [-0.05, 0) is 23.8 Å². The number of rotatable bonds is 2. The molecule has 0 bridgehead atoms. The first kappa shape index (κ1) is 14.2. The lowest BCUT2D eigenvalue weighted by Crippen LogP contribution is -1.94. The van der Waals surface area contributed by atoms with Crippen LogP contribution < -0.4 is 0 Å². The van der Waals surface area contributed by atoms with Crippen molar-refractivity contribution >= 4 is 34.1 Å². The Hall–Kier alpha value is -2.36. The van der Waals surface area contributed by atoms with E-state index in [1.54, 1.807) is 12.4 Å². The molecule has 0 atom stereocenters. The Balaban J connectivity index is 2.18. The topological polar surface area (TPSA) is 41.6 Å². The van der Waals surface area contributed by atoms with Gasteiger partial charge < -0.3 is 4.98 Å². The number of nitrogens with one attached hydrogen (secondary N) is 1. The monoisotopic (exact) mass is 339 g/mol. The maximum atomic E-state index is 6.49. The van der Waals surface area contributed by atoms with Gasteiger partial charge in [0, 0.05) is 28.4 Å². The van der Waals surface area contributed by atoms with Gasteiger partial charge in [-0.15, -0.1) is 0 Å². The van der Waals surface area contributed by atoms with Gasteiger partial charge in [-0.25, -0.2) is 9.97 Å². The van der Waals surface area contributed by atoms with Gasteiger partial charge in [0.25, 0.3) is 0 Å². The van der Waals surface area contributed by atoms with Crippen LogP contribution in [0.2, 0.25) is 10.2 Å². The summed E-state index contributed by atoms with van der Waals surface area (Å²) in [6, 6.07) is 15.6. The van der Waals surface area contributed by atoms with Gasteiger partial charge >= 0.3 is 0 Å². The van der Waals surface area contributed by atoms with Crippen LogP contribution in [0, 0.1) is 0 Å². The SMILES string of the molecule is Clc1ccc2nc(Cl)c(-c3ncc[nH]3)c(-c3ccccc3)c2c1. The minimum Gasteiger partial charge on any atom is -0.345 e. The second-order valence-electron chi connectivity index (χ2n) is 5.12. The molecule has 0 aliphatic carbocycles. The molecule has 2 aromatic carbocycles. The van der Waals surface area contributed by atoms with Gasteiger partial charge in [-0.1, -0.05) is 53.5 Å². The molecule has 0 unspecified atom stereocenters. The lowest BCUT2D eigenvalue weighted by Gasteiger charge is -2.13. The Morgan fingerprint density at radius 1 is 0.913 bits per heavy atom. The van der Waals surface area contributed by atoms with Gasteiger partial charge in [0.05, 0.1) is 11.1 Å². The van der Waals surface area contributed by atoms with Crippen molar-refractivity contribution in [1.29, 1.82) is 0 Å². The first-order valence-electron chi connectivity index (χ1n) is 7.08. The van der Waals surface area contributed by atoms with Crippen LogP contribution in [0.1, 0.15) is 0 Å². The highest BCUT2D eigenvalue weighted by atomic mass is 35.5. The predicted octanol–water partition coefficient (Wildman–Crippen LogP) is 5.60. The summed E-state index contributed by atoms with van der Waals surface area (Å²) in [5.41, 5.74) is 3.58. The Morgan fingerprint density at radius 2 is 1.74 bits per heavy atom. The fraction of sp³-hybridized carbons (Fsp3) is 0. The second-order valence-corrected chi connectivity index (χ2v) is 5.91. The Morgan fingerprint density at radius 3 is 2.48 bits per heavy atom. The third-order valence-corrected chi connectivity index (χ3v) is 4.21. The zero-order valence-corrected chi connectivity index (χ0v) is 13.4. The number of pyridine rings is 1. The summed E-state index contributed by atoms with van der Waals surface area (Å²) in [6.07, 6.45) is 3.46. The second kappa shape index (κ2) is 5.69. The van der Waals surface area contributed by atoms with E-state index in [1.807, 2.05) is 48.5 Å². The molecule has 4 rings (SSSR count). The Kier molecular flexibility index (Phi) is 3.52. The fourth-order valence-electron chi connectivity index (χ4n) is 2.73. The van der Waals surface area contributed by atoms with E-state index in [9.17, 15) is 0 Å². The van der Waals surface area contributed by atoms with Crippen molar-refractivity contribution in [1.82, 2.24) is 15.0 Å². The normalized spacial score (nSPS) is 11.0. The molecule has 0 spiro atoms. The maximum Gasteiger partial charge on any atom is 0.141 e. The Bertz CT molecular complexity index is 980. The van der Waals surface area contributed by atoms with Crippen LogP contribution in [0.15, 0.2) is 60.9 Å². The molecule has 0 aliphatic heterocycles. The molecule has 2 aromatic heterocycles. The zero-order valence-electron chi connectivity index (χ0n) is 11.9. The molecule has 5 heteroatoms. The number of H-pyrrole nitrogens is 1. The lowest BCUT2D eigenvalue weighted by atomic mass is 9.96. The quantitative estimate of drug-likeness (QED) is 0.483. The summed E-state index contributed by atoms with van der Waals surface area (Å²) in [5, 5.41) is 2.01. The first-order valence-corrected chi connectivity index (χ1v) is 7.83. The van der Waals surface area contributed by atoms with E-state index in [0.717, 1.165) is 27.6 Å². The number of hydrogen-bond donors (Lipinski definition) is 1. The average Bonchev–Trinajstić information content (AvgIpc) is 3.09. The molecular formula is C18H11Cl2N3. The summed E-state index contributed by atoms with van der Waals surface area (Å²) in [6.45, 7) is 0. The molecule has 23 heavy (non-hydrogen) atoms. The third kappa shape index (κ3) is 2.48. The molecule has 4 aromatic rings. The standard InChI is InChI=1S/C18H11Cl2N3/c19-12-6-7-14-13(10-12)15(11-4-2-1-3-5-11)16(17(20)23-14)18-21-8-9-22-18/h1-10H,(H,21,22). The number of nitrogens with zero attached hydrogens (tertiary/aromatic N) is 2. The van der Waals surface area contributed by atoms with Crippen molar-refractivity contribution in [2.45, 2.75) is 0 Å². The van der Waals surface area contributed by atoms with Crippen LogP contribution in [0.4, 0.5) is 0 Å². The van der Waals surface area contributed by atoms with E-state index in [1.165, 1.54) is 0 Å². The number of halogens is 2. The van der Waals surface area contributed by atoms with Gasteiger partial charge in [-0.3, -0.25) is 0 Å². The number of benzene rings is 2. The van der Waals surface area contributed by atoms with Crippen LogP contribution in [-0.4, -0.2) is 15.0 Å². The van der Waals surface area contributed by atoms with E-state index in [-0.39, 0.29) is 0 Å². The van der Waals surface area contributed by atoms with Crippen LogP contribution in [0.25, 0.3) is 33.4 Å². The number of aromatic amines is 1. The molecule has 0 saturated heterocycles. The lowest BCUT2D eigenvalue weighted by molar-refractivity contribution is 1.29. The summed E-state index contributed by atoms with van der Waals surface area (Å²) in [4.78, 5) is 12.0. The number of hydrogen-bond acceptors (Lipinski definition) is 2. The van der Waals surface area contributed by atoms with Gasteiger partial charge in [0.2, 0.25) is 0 Å². The summed E-state index contributed by atoms with van der Waals surface area (Å²) >= 11 is 12.7. The summed E-state index contributed by atoms with van der Waals surface area (Å²) in [5.74, 6) is 0.684. The number of aromatic nitrogens is 3. The van der Waals surface area contributed by atoms with Crippen molar-refractivity contribution in [3.63, 3.8) is 0 Å². The molecule has 112 valence electrons. The molecule has 0 saturated carbocycles. The Labute approximate surface area is 142 Å². The molecule has 0 radical (unpaired) electrons. The minimum absolute atomic E-state index is 0.411. The summed E-state index contributed by atoms with van der Waals surface area (Å²) in [7, 11) is 0. The highest BCUT2D eigenvalue weighted by molar-refractivity contribution is 6.34. The zero-order chi connectivity index (χ0) is 15.8. The van der Waals surface area contributed by atoms with E-state index in [0.29, 0.717) is 16.0 Å². The maximum absolute atomic E-state index is 6.49. The van der Waals surface area contributed by atoms with E-state index in [4.69, 9.17) is 23.2 Å². The number of imidazole rings is 1. The van der Waals surface area contributed by atoms with Crippen LogP contribution in [0.5, 0.6) is 0 Å². The van der Waals surface area contributed by atoms with Crippen LogP contribution in [0.3, 0.4) is 0 Å². The smallest absolute Gasteiger partial charge is 0.141 e. The minimum atomic E-state index is 0.411. The van der Waals surface area contributed by atoms with Crippen molar-refractivity contribution in [2.24, 2.45) is 0 Å². The first-order chi connectivity index (χ1) is 11.2. The third-order valence-electron chi connectivity index (χ3n) is 3.70.